The monoisotopic (exact) mass is 404 g/mol. The van der Waals surface area contributed by atoms with Crippen molar-refractivity contribution in [3.05, 3.63) is 65.2 Å². The summed E-state index contributed by atoms with van der Waals surface area (Å²) in [5.74, 6) is -1.84. The Bertz CT molecular complexity index is 869. The number of thioether (sulfide) groups is 1. The Hall–Kier alpha value is -2.41. The fourth-order valence-corrected chi connectivity index (χ4v) is 4.07. The highest BCUT2D eigenvalue weighted by Crippen LogP contribution is 2.25. The molecule has 4 nitrogen and oxygen atoms in total. The molecule has 148 valence electrons. The number of carbonyl (C=O) groups excluding carboxylic acids is 2. The van der Waals surface area contributed by atoms with Crippen LogP contribution in [-0.2, 0) is 4.79 Å². The second-order valence-electron chi connectivity index (χ2n) is 6.74. The van der Waals surface area contributed by atoms with E-state index in [1.807, 2.05) is 11.0 Å². The Morgan fingerprint density at radius 3 is 2.54 bits per heavy atom. The SMILES string of the molecule is CC(NC(=O)c1ccccc1SCC(=O)N1CCCC1)c1ccc(F)c(F)c1. The first-order valence-electron chi connectivity index (χ1n) is 9.21. The zero-order chi connectivity index (χ0) is 20.1. The van der Waals surface area contributed by atoms with E-state index in [1.54, 1.807) is 25.1 Å². The summed E-state index contributed by atoms with van der Waals surface area (Å²) in [6.45, 7) is 3.30. The van der Waals surface area contributed by atoms with E-state index in [-0.39, 0.29) is 17.6 Å². The van der Waals surface area contributed by atoms with Crippen molar-refractivity contribution in [2.24, 2.45) is 0 Å². The van der Waals surface area contributed by atoms with Gasteiger partial charge in [-0.2, -0.15) is 0 Å². The molecular weight excluding hydrogens is 382 g/mol. The summed E-state index contributed by atoms with van der Waals surface area (Å²) in [7, 11) is 0. The van der Waals surface area contributed by atoms with Crippen LogP contribution in [0.25, 0.3) is 0 Å². The number of halogens is 2. The molecule has 3 rings (SSSR count). The molecule has 1 heterocycles. The predicted octanol–water partition coefficient (Wildman–Crippen LogP) is 4.17. The number of amides is 2. The summed E-state index contributed by atoms with van der Waals surface area (Å²) < 4.78 is 26.5. The summed E-state index contributed by atoms with van der Waals surface area (Å²) in [5.41, 5.74) is 0.928. The van der Waals surface area contributed by atoms with Crippen molar-refractivity contribution in [2.45, 2.75) is 30.7 Å². The van der Waals surface area contributed by atoms with E-state index in [0.29, 0.717) is 16.0 Å². The Morgan fingerprint density at radius 2 is 1.82 bits per heavy atom. The fraction of sp³-hybridized carbons (Fsp3) is 0.333. The molecule has 0 radical (unpaired) electrons. The highest BCUT2D eigenvalue weighted by Gasteiger charge is 2.20. The van der Waals surface area contributed by atoms with E-state index >= 15 is 0 Å². The fourth-order valence-electron chi connectivity index (χ4n) is 3.12. The molecule has 7 heteroatoms. The van der Waals surface area contributed by atoms with E-state index in [9.17, 15) is 18.4 Å². The molecule has 1 saturated heterocycles. The average Bonchev–Trinajstić information content (AvgIpc) is 3.23. The lowest BCUT2D eigenvalue weighted by Crippen LogP contribution is -2.29. The lowest BCUT2D eigenvalue weighted by atomic mass is 10.1. The Morgan fingerprint density at radius 1 is 1.11 bits per heavy atom. The van der Waals surface area contributed by atoms with Crippen LogP contribution in [0.4, 0.5) is 8.78 Å². The normalized spacial score (nSPS) is 14.8. The quantitative estimate of drug-likeness (QED) is 0.735. The van der Waals surface area contributed by atoms with Gasteiger partial charge in [-0.15, -0.1) is 11.8 Å². The highest BCUT2D eigenvalue weighted by atomic mass is 32.2. The van der Waals surface area contributed by atoms with Gasteiger partial charge in [-0.05, 0) is 49.6 Å². The van der Waals surface area contributed by atoms with Crippen LogP contribution in [-0.4, -0.2) is 35.6 Å². The summed E-state index contributed by atoms with van der Waals surface area (Å²) in [4.78, 5) is 27.5. The second-order valence-corrected chi connectivity index (χ2v) is 7.76. The van der Waals surface area contributed by atoms with Crippen LogP contribution in [0.2, 0.25) is 0 Å². The molecule has 0 saturated carbocycles. The van der Waals surface area contributed by atoms with Gasteiger partial charge >= 0.3 is 0 Å². The molecular formula is C21H22F2N2O2S. The number of nitrogens with one attached hydrogen (secondary N) is 1. The average molecular weight is 404 g/mol. The zero-order valence-corrected chi connectivity index (χ0v) is 16.4. The largest absolute Gasteiger partial charge is 0.345 e. The molecule has 2 amide bonds. The molecule has 1 N–H and O–H groups in total. The van der Waals surface area contributed by atoms with E-state index in [4.69, 9.17) is 0 Å². The zero-order valence-electron chi connectivity index (χ0n) is 15.6. The third-order valence-electron chi connectivity index (χ3n) is 4.73. The standard InChI is InChI=1S/C21H22F2N2O2S/c1-14(15-8-9-17(22)18(23)12-15)24-21(27)16-6-2-3-7-19(16)28-13-20(26)25-10-4-5-11-25/h2-3,6-9,12,14H,4-5,10-11,13H2,1H3,(H,24,27). The van der Waals surface area contributed by atoms with Crippen LogP contribution in [0.1, 0.15) is 41.7 Å². The molecule has 2 aromatic rings. The van der Waals surface area contributed by atoms with Gasteiger partial charge in [0.25, 0.3) is 5.91 Å². The van der Waals surface area contributed by atoms with Gasteiger partial charge in [0.1, 0.15) is 0 Å². The number of benzene rings is 2. The summed E-state index contributed by atoms with van der Waals surface area (Å²) in [6, 6.07) is 10.1. The third-order valence-corrected chi connectivity index (χ3v) is 5.79. The van der Waals surface area contributed by atoms with Gasteiger partial charge in [-0.1, -0.05) is 18.2 Å². The Balaban J connectivity index is 1.66. The van der Waals surface area contributed by atoms with Crippen molar-refractivity contribution in [1.82, 2.24) is 10.2 Å². The molecule has 28 heavy (non-hydrogen) atoms. The second kappa shape index (κ2) is 9.19. The van der Waals surface area contributed by atoms with Gasteiger partial charge in [0.05, 0.1) is 17.4 Å². The van der Waals surface area contributed by atoms with Crippen molar-refractivity contribution < 1.29 is 18.4 Å². The van der Waals surface area contributed by atoms with E-state index in [1.165, 1.54) is 17.8 Å². The molecule has 0 aliphatic carbocycles. The molecule has 2 aromatic carbocycles. The van der Waals surface area contributed by atoms with Crippen molar-refractivity contribution >= 4 is 23.6 Å². The summed E-state index contributed by atoms with van der Waals surface area (Å²) in [5, 5.41) is 2.81. The Labute approximate surface area is 167 Å². The van der Waals surface area contributed by atoms with Crippen molar-refractivity contribution in [2.75, 3.05) is 18.8 Å². The van der Waals surface area contributed by atoms with Gasteiger partial charge in [0, 0.05) is 18.0 Å². The molecule has 1 aliphatic rings. The summed E-state index contributed by atoms with van der Waals surface area (Å²) in [6.07, 6.45) is 2.08. The van der Waals surface area contributed by atoms with E-state index < -0.39 is 17.7 Å². The van der Waals surface area contributed by atoms with E-state index in [0.717, 1.165) is 38.1 Å². The maximum absolute atomic E-state index is 13.4. The van der Waals surface area contributed by atoms with Crippen LogP contribution < -0.4 is 5.32 Å². The number of likely N-dealkylation sites (tertiary alicyclic amines) is 1. The highest BCUT2D eigenvalue weighted by molar-refractivity contribution is 8.00. The molecule has 1 aliphatic heterocycles. The number of hydrogen-bond acceptors (Lipinski definition) is 3. The van der Waals surface area contributed by atoms with Crippen molar-refractivity contribution in [1.29, 1.82) is 0 Å². The minimum Gasteiger partial charge on any atom is -0.345 e. The van der Waals surface area contributed by atoms with Gasteiger partial charge in [-0.25, -0.2) is 8.78 Å². The molecule has 1 unspecified atom stereocenters. The van der Waals surface area contributed by atoms with E-state index in [2.05, 4.69) is 5.32 Å². The first-order chi connectivity index (χ1) is 13.5. The van der Waals surface area contributed by atoms with Crippen molar-refractivity contribution in [3.8, 4) is 0 Å². The first kappa shape index (κ1) is 20.3. The molecule has 1 fully saturated rings. The number of nitrogens with zero attached hydrogens (tertiary/aromatic N) is 1. The Kier molecular flexibility index (Phi) is 6.67. The van der Waals surface area contributed by atoms with Crippen LogP contribution in [0.5, 0.6) is 0 Å². The smallest absolute Gasteiger partial charge is 0.252 e. The van der Waals surface area contributed by atoms with Gasteiger partial charge in [-0.3, -0.25) is 9.59 Å². The van der Waals surface area contributed by atoms with Crippen LogP contribution in [0, 0.1) is 11.6 Å². The molecule has 0 aromatic heterocycles. The molecule has 1 atom stereocenters. The number of rotatable bonds is 6. The lowest BCUT2D eigenvalue weighted by Gasteiger charge is -2.17. The maximum atomic E-state index is 13.4. The summed E-state index contributed by atoms with van der Waals surface area (Å²) >= 11 is 1.34. The lowest BCUT2D eigenvalue weighted by molar-refractivity contribution is -0.127. The van der Waals surface area contributed by atoms with Crippen LogP contribution in [0.15, 0.2) is 47.4 Å². The van der Waals surface area contributed by atoms with Crippen LogP contribution in [0.3, 0.4) is 0 Å². The molecule has 0 bridgehead atoms. The molecule has 0 spiro atoms. The number of carbonyl (C=O) groups is 2. The first-order valence-corrected chi connectivity index (χ1v) is 10.2. The predicted molar refractivity (Wildman–Crippen MR) is 105 cm³/mol. The van der Waals surface area contributed by atoms with Gasteiger partial charge in [0.15, 0.2) is 11.6 Å². The third kappa shape index (κ3) is 4.90. The van der Waals surface area contributed by atoms with Gasteiger partial charge in [0.2, 0.25) is 5.91 Å². The minimum absolute atomic E-state index is 0.0767. The minimum atomic E-state index is -0.949. The maximum Gasteiger partial charge on any atom is 0.252 e. The van der Waals surface area contributed by atoms with Crippen molar-refractivity contribution in [3.63, 3.8) is 0 Å². The topological polar surface area (TPSA) is 49.4 Å². The van der Waals surface area contributed by atoms with Gasteiger partial charge < -0.3 is 10.2 Å². The van der Waals surface area contributed by atoms with Crippen LogP contribution >= 0.6 is 11.8 Å². The number of hydrogen-bond donors (Lipinski definition) is 1.